The van der Waals surface area contributed by atoms with Gasteiger partial charge in [0.2, 0.25) is 0 Å². The Bertz CT molecular complexity index is 371. The van der Waals surface area contributed by atoms with E-state index in [4.69, 9.17) is 15.2 Å². The lowest BCUT2D eigenvalue weighted by molar-refractivity contribution is -0.149. The monoisotopic (exact) mass is 271 g/mol. The molecule has 0 heterocycles. The largest absolute Gasteiger partial charge is 0.497 e. The van der Waals surface area contributed by atoms with E-state index in [1.165, 1.54) is 32.4 Å². The van der Waals surface area contributed by atoms with Gasteiger partial charge in [-0.05, 0) is 18.2 Å². The van der Waals surface area contributed by atoms with Crippen LogP contribution in [0.15, 0.2) is 18.2 Å². The van der Waals surface area contributed by atoms with Gasteiger partial charge in [-0.2, -0.15) is 13.2 Å². The summed E-state index contributed by atoms with van der Waals surface area (Å²) in [6.07, 6.45) is -4.51. The highest BCUT2D eigenvalue weighted by Gasteiger charge is 2.39. The Kier molecular flexibility index (Phi) is 5.57. The maximum absolute atomic E-state index is 12.5. The molecule has 1 rings (SSSR count). The minimum Gasteiger partial charge on any atom is -0.497 e. The van der Waals surface area contributed by atoms with Gasteiger partial charge in [-0.25, -0.2) is 0 Å². The van der Waals surface area contributed by atoms with Crippen molar-refractivity contribution in [2.24, 2.45) is 5.73 Å². The van der Waals surface area contributed by atoms with Crippen LogP contribution in [0.3, 0.4) is 0 Å². The van der Waals surface area contributed by atoms with E-state index in [2.05, 4.69) is 0 Å². The van der Waals surface area contributed by atoms with E-state index in [0.717, 1.165) is 0 Å². The molecule has 0 unspecified atom stereocenters. The summed E-state index contributed by atoms with van der Waals surface area (Å²) < 4.78 is 47.1. The summed E-state index contributed by atoms with van der Waals surface area (Å²) in [7, 11) is 2.65. The normalized spacial score (nSPS) is 12.6. The van der Waals surface area contributed by atoms with Crippen molar-refractivity contribution in [2.45, 2.75) is 12.2 Å². The summed E-state index contributed by atoms with van der Waals surface area (Å²) in [5.41, 5.74) is 4.97. The van der Waals surface area contributed by atoms with Crippen molar-refractivity contribution in [1.29, 1.82) is 0 Å². The fourth-order valence-corrected chi connectivity index (χ4v) is 1.26. The highest BCUT2D eigenvalue weighted by molar-refractivity contribution is 5.85. The van der Waals surface area contributed by atoms with Crippen molar-refractivity contribution in [3.63, 3.8) is 0 Å². The first-order valence-electron chi connectivity index (χ1n) is 4.44. The van der Waals surface area contributed by atoms with E-state index in [9.17, 15) is 13.2 Å². The second-order valence-electron chi connectivity index (χ2n) is 3.13. The van der Waals surface area contributed by atoms with Crippen LogP contribution in [-0.2, 0) is 0 Å². The molecule has 2 N–H and O–H groups in total. The Labute approximate surface area is 103 Å². The number of methoxy groups -OCH3 is 2. The van der Waals surface area contributed by atoms with Gasteiger partial charge in [0.05, 0.1) is 14.2 Å². The van der Waals surface area contributed by atoms with Crippen LogP contribution in [0, 0.1) is 0 Å². The number of hydrogen-bond donors (Lipinski definition) is 1. The fourth-order valence-electron chi connectivity index (χ4n) is 1.26. The maximum Gasteiger partial charge on any atom is 0.407 e. The Balaban J connectivity index is 0.00000256. The van der Waals surface area contributed by atoms with Crippen LogP contribution in [0.5, 0.6) is 11.5 Å². The first-order valence-corrected chi connectivity index (χ1v) is 4.44. The Morgan fingerprint density at radius 1 is 1.18 bits per heavy atom. The fraction of sp³-hybridized carbons (Fsp3) is 0.400. The molecule has 1 atom stereocenters. The van der Waals surface area contributed by atoms with Gasteiger partial charge in [-0.3, -0.25) is 0 Å². The minimum absolute atomic E-state index is 0. The lowest BCUT2D eigenvalue weighted by Crippen LogP contribution is -2.28. The molecule has 0 aliphatic rings. The summed E-state index contributed by atoms with van der Waals surface area (Å²) in [6, 6.07) is 2.03. The summed E-state index contributed by atoms with van der Waals surface area (Å²) >= 11 is 0. The van der Waals surface area contributed by atoms with Gasteiger partial charge in [-0.15, -0.1) is 12.4 Å². The second kappa shape index (κ2) is 5.97. The number of rotatable bonds is 3. The van der Waals surface area contributed by atoms with E-state index in [1.54, 1.807) is 0 Å². The van der Waals surface area contributed by atoms with Crippen LogP contribution in [0.2, 0.25) is 0 Å². The molecule has 0 saturated heterocycles. The third kappa shape index (κ3) is 3.67. The number of nitrogens with two attached hydrogens (primary N) is 1. The number of benzene rings is 1. The predicted octanol–water partition coefficient (Wildman–Crippen LogP) is 2.69. The van der Waals surface area contributed by atoms with Gasteiger partial charge in [0, 0.05) is 5.56 Å². The molecule has 0 fully saturated rings. The summed E-state index contributed by atoms with van der Waals surface area (Å²) in [4.78, 5) is 0. The molecule has 0 spiro atoms. The molecule has 1 aromatic carbocycles. The minimum atomic E-state index is -4.51. The first-order chi connectivity index (χ1) is 7.40. The van der Waals surface area contributed by atoms with Crippen LogP contribution in [0.25, 0.3) is 0 Å². The van der Waals surface area contributed by atoms with Crippen molar-refractivity contribution < 1.29 is 22.6 Å². The SMILES string of the molecule is COc1ccc(OC)c([C@H](N)C(F)(F)F)c1.Cl. The average molecular weight is 272 g/mol. The Morgan fingerprint density at radius 3 is 2.18 bits per heavy atom. The highest BCUT2D eigenvalue weighted by Crippen LogP contribution is 2.37. The third-order valence-corrected chi connectivity index (χ3v) is 2.12. The zero-order valence-corrected chi connectivity index (χ0v) is 10.1. The van der Waals surface area contributed by atoms with Crippen molar-refractivity contribution >= 4 is 12.4 Å². The quantitative estimate of drug-likeness (QED) is 0.919. The lowest BCUT2D eigenvalue weighted by atomic mass is 10.1. The van der Waals surface area contributed by atoms with Gasteiger partial charge >= 0.3 is 6.18 Å². The van der Waals surface area contributed by atoms with Crippen LogP contribution < -0.4 is 15.2 Å². The van der Waals surface area contributed by atoms with Crippen LogP contribution in [0.4, 0.5) is 13.2 Å². The number of hydrogen-bond acceptors (Lipinski definition) is 3. The molecule has 0 bridgehead atoms. The van der Waals surface area contributed by atoms with Crippen molar-refractivity contribution in [3.05, 3.63) is 23.8 Å². The number of ether oxygens (including phenoxy) is 2. The smallest absolute Gasteiger partial charge is 0.407 e. The molecule has 7 heteroatoms. The third-order valence-electron chi connectivity index (χ3n) is 2.12. The van der Waals surface area contributed by atoms with Crippen LogP contribution >= 0.6 is 12.4 Å². The van der Waals surface area contributed by atoms with E-state index >= 15 is 0 Å². The van der Waals surface area contributed by atoms with Crippen LogP contribution in [0.1, 0.15) is 11.6 Å². The van der Waals surface area contributed by atoms with Gasteiger partial charge in [-0.1, -0.05) is 0 Å². The second-order valence-corrected chi connectivity index (χ2v) is 3.13. The number of halogens is 4. The molecule has 0 amide bonds. The molecular weight excluding hydrogens is 259 g/mol. The molecule has 98 valence electrons. The zero-order chi connectivity index (χ0) is 12.3. The summed E-state index contributed by atoms with van der Waals surface area (Å²) in [5, 5.41) is 0. The van der Waals surface area contributed by atoms with Crippen LogP contribution in [-0.4, -0.2) is 20.4 Å². The molecule has 0 saturated carbocycles. The molecule has 1 aromatic rings. The van der Waals surface area contributed by atoms with Gasteiger partial charge in [0.1, 0.15) is 17.5 Å². The predicted molar refractivity (Wildman–Crippen MR) is 59.8 cm³/mol. The molecule has 3 nitrogen and oxygen atoms in total. The standard InChI is InChI=1S/C10H12F3NO2.ClH/c1-15-6-3-4-8(16-2)7(5-6)9(14)10(11,12)13;/h3-5,9H,14H2,1-2H3;1H/t9-;/m0./s1. The molecule has 0 aliphatic carbocycles. The first kappa shape index (κ1) is 15.9. The van der Waals surface area contributed by atoms with Crippen molar-refractivity contribution in [2.75, 3.05) is 14.2 Å². The molecule has 0 aromatic heterocycles. The van der Waals surface area contributed by atoms with E-state index in [1.807, 2.05) is 0 Å². The molecule has 0 radical (unpaired) electrons. The van der Waals surface area contributed by atoms with Gasteiger partial charge < -0.3 is 15.2 Å². The maximum atomic E-state index is 12.5. The average Bonchev–Trinajstić information content (AvgIpc) is 2.25. The van der Waals surface area contributed by atoms with E-state index in [-0.39, 0.29) is 23.7 Å². The van der Waals surface area contributed by atoms with Gasteiger partial charge in [0.15, 0.2) is 0 Å². The van der Waals surface area contributed by atoms with E-state index < -0.39 is 12.2 Å². The highest BCUT2D eigenvalue weighted by atomic mass is 35.5. The lowest BCUT2D eigenvalue weighted by Gasteiger charge is -2.19. The number of alkyl halides is 3. The molecule has 0 aliphatic heterocycles. The summed E-state index contributed by atoms with van der Waals surface area (Å²) in [6.45, 7) is 0. The van der Waals surface area contributed by atoms with Gasteiger partial charge in [0.25, 0.3) is 0 Å². The van der Waals surface area contributed by atoms with Crippen molar-refractivity contribution in [1.82, 2.24) is 0 Å². The van der Waals surface area contributed by atoms with E-state index in [0.29, 0.717) is 5.75 Å². The zero-order valence-electron chi connectivity index (χ0n) is 9.25. The topological polar surface area (TPSA) is 44.5 Å². The Morgan fingerprint density at radius 2 is 1.76 bits per heavy atom. The molecule has 17 heavy (non-hydrogen) atoms. The summed E-state index contributed by atoms with van der Waals surface area (Å²) in [5.74, 6) is 0.390. The molecular formula is C10H13ClF3NO2. The Hall–Kier alpha value is -1.14. The van der Waals surface area contributed by atoms with Crippen molar-refractivity contribution in [3.8, 4) is 11.5 Å².